The van der Waals surface area contributed by atoms with Crippen LogP contribution in [0.3, 0.4) is 0 Å². The Morgan fingerprint density at radius 2 is 1.82 bits per heavy atom. The maximum atomic E-state index is 13.3. The Labute approximate surface area is 173 Å². The van der Waals surface area contributed by atoms with Crippen molar-refractivity contribution in [2.45, 2.75) is 32.9 Å². The van der Waals surface area contributed by atoms with Gasteiger partial charge < -0.3 is 9.80 Å². The summed E-state index contributed by atoms with van der Waals surface area (Å²) in [6, 6.07) is 12.6. The zero-order chi connectivity index (χ0) is 19.9. The molecule has 1 fully saturated rings. The second-order valence-electron chi connectivity index (χ2n) is 8.13. The Morgan fingerprint density at radius 3 is 2.43 bits per heavy atom. The number of aryl methyl sites for hydroxylation is 1. The highest BCUT2D eigenvalue weighted by Crippen LogP contribution is 2.24. The molecule has 1 saturated heterocycles. The summed E-state index contributed by atoms with van der Waals surface area (Å²) in [6.07, 6.45) is 1.94. The molecule has 28 heavy (non-hydrogen) atoms. The lowest BCUT2D eigenvalue weighted by Gasteiger charge is -2.34. The fourth-order valence-electron chi connectivity index (χ4n) is 3.76. The van der Waals surface area contributed by atoms with Gasteiger partial charge in [0.2, 0.25) is 5.91 Å². The van der Waals surface area contributed by atoms with E-state index in [0.29, 0.717) is 12.5 Å². The van der Waals surface area contributed by atoms with Gasteiger partial charge in [0.15, 0.2) is 0 Å². The number of carbonyl (C=O) groups is 1. The molecule has 0 unspecified atom stereocenters. The molecule has 1 amide bonds. The zero-order valence-electron chi connectivity index (χ0n) is 17.4. The van der Waals surface area contributed by atoms with E-state index in [9.17, 15) is 4.79 Å². The van der Waals surface area contributed by atoms with Crippen LogP contribution < -0.4 is 0 Å². The van der Waals surface area contributed by atoms with Gasteiger partial charge in [0, 0.05) is 37.0 Å². The number of thiophene rings is 1. The molecule has 2 heterocycles. The first kappa shape index (κ1) is 21.0. The van der Waals surface area contributed by atoms with Crippen molar-refractivity contribution >= 4 is 17.2 Å². The van der Waals surface area contributed by atoms with Gasteiger partial charge in [-0.3, -0.25) is 9.69 Å². The number of hydrogen-bond acceptors (Lipinski definition) is 4. The van der Waals surface area contributed by atoms with Gasteiger partial charge in [0.1, 0.15) is 0 Å². The average Bonchev–Trinajstić information content (AvgIpc) is 3.10. The maximum Gasteiger partial charge on any atom is 0.226 e. The number of likely N-dealkylation sites (tertiary alicyclic amines) is 1. The highest BCUT2D eigenvalue weighted by atomic mass is 32.1. The fraction of sp³-hybridized carbons (Fsp3) is 0.522. The van der Waals surface area contributed by atoms with Crippen molar-refractivity contribution in [3.05, 3.63) is 57.8 Å². The molecule has 1 aromatic carbocycles. The number of carbonyl (C=O) groups excluding carboxylic acids is 1. The molecule has 152 valence electrons. The van der Waals surface area contributed by atoms with Crippen LogP contribution in [0.25, 0.3) is 0 Å². The highest BCUT2D eigenvalue weighted by Gasteiger charge is 2.28. The molecule has 0 radical (unpaired) electrons. The molecule has 0 aliphatic carbocycles. The molecule has 0 saturated carbocycles. The quantitative estimate of drug-likeness (QED) is 0.674. The second kappa shape index (κ2) is 10.2. The largest absolute Gasteiger partial charge is 0.337 e. The minimum atomic E-state index is 0.159. The third-order valence-corrected chi connectivity index (χ3v) is 6.63. The Morgan fingerprint density at radius 1 is 1.11 bits per heavy atom. The molecule has 2 aromatic rings. The lowest BCUT2D eigenvalue weighted by atomic mass is 9.94. The molecule has 0 atom stereocenters. The van der Waals surface area contributed by atoms with Crippen molar-refractivity contribution in [3.8, 4) is 0 Å². The average molecular weight is 400 g/mol. The third-order valence-electron chi connectivity index (χ3n) is 5.62. The van der Waals surface area contributed by atoms with Crippen LogP contribution in [-0.2, 0) is 17.9 Å². The summed E-state index contributed by atoms with van der Waals surface area (Å²) >= 11 is 1.84. The zero-order valence-corrected chi connectivity index (χ0v) is 18.3. The Hall–Kier alpha value is -1.69. The molecule has 4 nitrogen and oxygen atoms in total. The summed E-state index contributed by atoms with van der Waals surface area (Å²) in [7, 11) is 4.13. The van der Waals surface area contributed by atoms with E-state index in [1.165, 1.54) is 16.0 Å². The number of likely N-dealkylation sites (N-methyl/N-ethyl adjacent to an activating group) is 1. The van der Waals surface area contributed by atoms with Gasteiger partial charge in [0.25, 0.3) is 0 Å². The van der Waals surface area contributed by atoms with Crippen LogP contribution in [-0.4, -0.2) is 60.9 Å². The smallest absolute Gasteiger partial charge is 0.226 e. The minimum absolute atomic E-state index is 0.159. The van der Waals surface area contributed by atoms with Crippen molar-refractivity contribution in [2.24, 2.45) is 5.92 Å². The van der Waals surface area contributed by atoms with Crippen LogP contribution in [0.15, 0.2) is 41.8 Å². The number of hydrogen-bond donors (Lipinski definition) is 0. The fourth-order valence-corrected chi connectivity index (χ4v) is 4.70. The number of piperidine rings is 1. The number of amides is 1. The van der Waals surface area contributed by atoms with Gasteiger partial charge in [-0.05, 0) is 69.5 Å². The van der Waals surface area contributed by atoms with Gasteiger partial charge in [-0.15, -0.1) is 11.3 Å². The topological polar surface area (TPSA) is 26.8 Å². The molecule has 0 spiro atoms. The first-order valence-corrected chi connectivity index (χ1v) is 11.1. The van der Waals surface area contributed by atoms with Crippen LogP contribution in [0.5, 0.6) is 0 Å². The van der Waals surface area contributed by atoms with E-state index in [4.69, 9.17) is 0 Å². The monoisotopic (exact) mass is 399 g/mol. The van der Waals surface area contributed by atoms with Gasteiger partial charge >= 0.3 is 0 Å². The van der Waals surface area contributed by atoms with E-state index >= 15 is 0 Å². The van der Waals surface area contributed by atoms with Crippen LogP contribution in [0, 0.1) is 12.8 Å². The van der Waals surface area contributed by atoms with Crippen molar-refractivity contribution in [1.82, 2.24) is 14.7 Å². The molecule has 0 bridgehead atoms. The molecule has 1 aliphatic heterocycles. The molecule has 1 aromatic heterocycles. The Bertz CT molecular complexity index is 735. The van der Waals surface area contributed by atoms with E-state index in [0.717, 1.165) is 45.6 Å². The summed E-state index contributed by atoms with van der Waals surface area (Å²) < 4.78 is 0. The van der Waals surface area contributed by atoms with Crippen molar-refractivity contribution in [1.29, 1.82) is 0 Å². The summed E-state index contributed by atoms with van der Waals surface area (Å²) in [5.74, 6) is 0.490. The summed E-state index contributed by atoms with van der Waals surface area (Å²) in [4.78, 5) is 21.5. The molecular weight excluding hydrogens is 366 g/mol. The van der Waals surface area contributed by atoms with E-state index < -0.39 is 0 Å². The van der Waals surface area contributed by atoms with E-state index in [2.05, 4.69) is 71.4 Å². The molecular formula is C23H33N3OS. The van der Waals surface area contributed by atoms with E-state index in [-0.39, 0.29) is 5.92 Å². The summed E-state index contributed by atoms with van der Waals surface area (Å²) in [5, 5.41) is 2.17. The van der Waals surface area contributed by atoms with Crippen LogP contribution in [0.4, 0.5) is 0 Å². The summed E-state index contributed by atoms with van der Waals surface area (Å²) in [5.41, 5.74) is 2.60. The third kappa shape index (κ3) is 5.90. The molecule has 5 heteroatoms. The number of benzene rings is 1. The second-order valence-corrected chi connectivity index (χ2v) is 9.13. The normalized spacial score (nSPS) is 15.9. The Balaban J connectivity index is 1.57. The van der Waals surface area contributed by atoms with Gasteiger partial charge in [-0.25, -0.2) is 0 Å². The Kier molecular flexibility index (Phi) is 7.65. The first-order chi connectivity index (χ1) is 13.5. The first-order valence-electron chi connectivity index (χ1n) is 10.3. The van der Waals surface area contributed by atoms with Gasteiger partial charge in [-0.2, -0.15) is 0 Å². The standard InChI is InChI=1S/C23H33N3OS/c1-19-11-16-28-22(19)18-25-12-9-21(10-13-25)23(27)26(15-14-24(2)3)17-20-7-5-4-6-8-20/h4-8,11,16,21H,9-10,12-15,17-18H2,1-3H3. The van der Waals surface area contributed by atoms with Crippen molar-refractivity contribution < 1.29 is 4.79 Å². The number of nitrogens with zero attached hydrogens (tertiary/aromatic N) is 3. The van der Waals surface area contributed by atoms with Crippen LogP contribution in [0.2, 0.25) is 0 Å². The van der Waals surface area contributed by atoms with Gasteiger partial charge in [-0.1, -0.05) is 30.3 Å². The lowest BCUT2D eigenvalue weighted by molar-refractivity contribution is -0.138. The summed E-state index contributed by atoms with van der Waals surface area (Å²) in [6.45, 7) is 7.64. The van der Waals surface area contributed by atoms with Crippen LogP contribution >= 0.6 is 11.3 Å². The van der Waals surface area contributed by atoms with Crippen LogP contribution in [0.1, 0.15) is 28.8 Å². The number of rotatable bonds is 8. The van der Waals surface area contributed by atoms with Crippen molar-refractivity contribution in [2.75, 3.05) is 40.3 Å². The van der Waals surface area contributed by atoms with E-state index in [1.54, 1.807) is 0 Å². The predicted molar refractivity (Wildman–Crippen MR) is 117 cm³/mol. The highest BCUT2D eigenvalue weighted by molar-refractivity contribution is 7.10. The maximum absolute atomic E-state index is 13.3. The molecule has 0 N–H and O–H groups in total. The predicted octanol–water partition coefficient (Wildman–Crippen LogP) is 3.86. The van der Waals surface area contributed by atoms with E-state index in [1.807, 2.05) is 17.4 Å². The molecule has 3 rings (SSSR count). The minimum Gasteiger partial charge on any atom is -0.337 e. The van der Waals surface area contributed by atoms with Gasteiger partial charge in [0.05, 0.1) is 0 Å². The lowest BCUT2D eigenvalue weighted by Crippen LogP contribution is -2.44. The van der Waals surface area contributed by atoms with Crippen molar-refractivity contribution in [3.63, 3.8) is 0 Å². The molecule has 1 aliphatic rings. The SMILES string of the molecule is Cc1ccsc1CN1CCC(C(=O)N(CCN(C)C)Cc2ccccc2)CC1.